The van der Waals surface area contributed by atoms with Crippen LogP contribution in [0.15, 0.2) is 79.0 Å². The van der Waals surface area contributed by atoms with E-state index in [0.717, 1.165) is 52.6 Å². The minimum Gasteiger partial charge on any atom is -0.490 e. The predicted octanol–water partition coefficient (Wildman–Crippen LogP) is 7.38. The smallest absolute Gasteiger partial charge is 0.355 e. The first kappa shape index (κ1) is 45.8. The minimum atomic E-state index is -1.16. The number of carbonyl (C=O) groups excluding carboxylic acids is 4. The predicted molar refractivity (Wildman–Crippen MR) is 264 cm³/mol. The number of ether oxygens (including phenoxy) is 1. The molecule has 1 aliphatic carbocycles. The fourth-order valence-electron chi connectivity index (χ4n) is 10.8. The molecule has 4 aromatic heterocycles. The number of pyridine rings is 2. The molecule has 0 radical (unpaired) electrons. The summed E-state index contributed by atoms with van der Waals surface area (Å²) in [6.07, 6.45) is 6.17. The first-order valence-electron chi connectivity index (χ1n) is 23.7. The van der Waals surface area contributed by atoms with Gasteiger partial charge in [0.15, 0.2) is 16.6 Å². The SMILES string of the molecule is Cc1c(OC2CC3(CCN(CC(=O)Nc4ccc5c(C6CCC(=O)NC6=O)nn(C)c5c4F)CC3)C2)cccc1-c1ccc(N2CCc3ccnc(C(=O)Nc4nc5ccccc5s4)c3C2)nc1C(=O)O. The summed E-state index contributed by atoms with van der Waals surface area (Å²) in [6.45, 7) is 4.34. The molecule has 7 heterocycles. The van der Waals surface area contributed by atoms with Gasteiger partial charge in [-0.25, -0.2) is 19.2 Å². The monoisotopic (exact) mass is 976 g/mol. The Morgan fingerprint density at radius 3 is 2.54 bits per heavy atom. The van der Waals surface area contributed by atoms with E-state index >= 15 is 4.39 Å². The highest BCUT2D eigenvalue weighted by Crippen LogP contribution is 2.51. The summed E-state index contributed by atoms with van der Waals surface area (Å²) in [5.41, 5.74) is 5.43. The normalized spacial score (nSPS) is 18.0. The van der Waals surface area contributed by atoms with E-state index in [0.29, 0.717) is 77.2 Å². The van der Waals surface area contributed by atoms with Crippen LogP contribution >= 0.6 is 11.3 Å². The molecule has 0 bridgehead atoms. The minimum absolute atomic E-state index is 0.0247. The first-order chi connectivity index (χ1) is 34.3. The molecule has 3 aromatic carbocycles. The lowest BCUT2D eigenvalue weighted by atomic mass is 9.61. The van der Waals surface area contributed by atoms with Gasteiger partial charge >= 0.3 is 5.97 Å². The van der Waals surface area contributed by atoms with Crippen LogP contribution in [-0.4, -0.2) is 96.6 Å². The van der Waals surface area contributed by atoms with Crippen molar-refractivity contribution in [3.63, 3.8) is 0 Å². The highest BCUT2D eigenvalue weighted by molar-refractivity contribution is 7.22. The van der Waals surface area contributed by atoms with E-state index in [1.807, 2.05) is 66.4 Å². The van der Waals surface area contributed by atoms with Gasteiger partial charge in [0.25, 0.3) is 5.91 Å². The molecule has 4 aliphatic rings. The molecule has 362 valence electrons. The van der Waals surface area contributed by atoms with Crippen molar-refractivity contribution in [2.24, 2.45) is 12.5 Å². The van der Waals surface area contributed by atoms with Crippen molar-refractivity contribution in [2.75, 3.05) is 41.7 Å². The maximum Gasteiger partial charge on any atom is 0.355 e. The number of hydrogen-bond donors (Lipinski definition) is 4. The Labute approximate surface area is 410 Å². The van der Waals surface area contributed by atoms with Crippen molar-refractivity contribution in [1.29, 1.82) is 0 Å². The molecule has 2 saturated heterocycles. The Bertz CT molecular complexity index is 3310. The third-order valence-corrected chi connectivity index (χ3v) is 15.5. The average molecular weight is 977 g/mol. The molecule has 3 aliphatic heterocycles. The van der Waals surface area contributed by atoms with Gasteiger partial charge < -0.3 is 20.1 Å². The van der Waals surface area contributed by atoms with Gasteiger partial charge in [0.2, 0.25) is 17.7 Å². The Morgan fingerprint density at radius 2 is 1.75 bits per heavy atom. The van der Waals surface area contributed by atoms with Crippen molar-refractivity contribution in [3.8, 4) is 16.9 Å². The van der Waals surface area contributed by atoms with Gasteiger partial charge in [-0.1, -0.05) is 35.6 Å². The number of imide groups is 1. The zero-order valence-corrected chi connectivity index (χ0v) is 39.8. The van der Waals surface area contributed by atoms with Crippen LogP contribution in [-0.2, 0) is 34.4 Å². The van der Waals surface area contributed by atoms with Crippen molar-refractivity contribution in [3.05, 3.63) is 119 Å². The molecule has 1 saturated carbocycles. The molecule has 71 heavy (non-hydrogen) atoms. The number of halogens is 1. The molecular weight excluding hydrogens is 928 g/mol. The van der Waals surface area contributed by atoms with Crippen LogP contribution in [0.2, 0.25) is 0 Å². The number of rotatable bonds is 11. The van der Waals surface area contributed by atoms with Gasteiger partial charge in [-0.15, -0.1) is 0 Å². The van der Waals surface area contributed by atoms with Crippen molar-refractivity contribution >= 4 is 78.7 Å². The molecule has 4 N–H and O–H groups in total. The number of thiazole rings is 1. The number of para-hydroxylation sites is 1. The van der Waals surface area contributed by atoms with E-state index in [1.165, 1.54) is 22.1 Å². The van der Waals surface area contributed by atoms with Crippen LogP contribution in [0.4, 0.5) is 21.0 Å². The van der Waals surface area contributed by atoms with Gasteiger partial charge in [-0.05, 0) is 129 Å². The summed E-state index contributed by atoms with van der Waals surface area (Å²) >= 11 is 1.39. The molecular formula is C52H49FN10O7S. The quantitative estimate of drug-likeness (QED) is 0.0933. The summed E-state index contributed by atoms with van der Waals surface area (Å²) in [7, 11) is 1.58. The van der Waals surface area contributed by atoms with Gasteiger partial charge in [-0.2, -0.15) is 5.10 Å². The number of aromatic nitrogens is 5. The molecule has 19 heteroatoms. The van der Waals surface area contributed by atoms with Crippen LogP contribution in [0.1, 0.15) is 87.8 Å². The van der Waals surface area contributed by atoms with E-state index in [9.17, 15) is 29.1 Å². The fraction of sp³-hybridized carbons (Fsp3) is 0.327. The number of hydrogen-bond acceptors (Lipinski definition) is 13. The van der Waals surface area contributed by atoms with Crippen LogP contribution in [0.3, 0.4) is 0 Å². The van der Waals surface area contributed by atoms with Gasteiger partial charge in [0.05, 0.1) is 40.2 Å². The Hall–Kier alpha value is -7.64. The fourth-order valence-corrected chi connectivity index (χ4v) is 11.7. The van der Waals surface area contributed by atoms with E-state index in [4.69, 9.17) is 9.72 Å². The second-order valence-electron chi connectivity index (χ2n) is 19.0. The van der Waals surface area contributed by atoms with Crippen molar-refractivity contribution < 1.29 is 38.2 Å². The number of likely N-dealkylation sites (tertiary alicyclic amines) is 1. The lowest BCUT2D eigenvalue weighted by molar-refractivity contribution is -0.134. The summed E-state index contributed by atoms with van der Waals surface area (Å²) in [5, 5.41) is 23.9. The topological polar surface area (TPSA) is 214 Å². The van der Waals surface area contributed by atoms with Crippen LogP contribution in [0.5, 0.6) is 5.75 Å². The van der Waals surface area contributed by atoms with E-state index < -0.39 is 23.6 Å². The highest BCUT2D eigenvalue weighted by Gasteiger charge is 2.47. The number of fused-ring (bicyclic) bond motifs is 3. The number of aryl methyl sites for hydroxylation is 1. The van der Waals surface area contributed by atoms with Crippen molar-refractivity contribution in [2.45, 2.75) is 70.4 Å². The zero-order chi connectivity index (χ0) is 49.1. The number of carbonyl (C=O) groups is 5. The second-order valence-corrected chi connectivity index (χ2v) is 20.0. The van der Waals surface area contributed by atoms with Crippen LogP contribution in [0, 0.1) is 18.2 Å². The number of piperidine rings is 2. The first-order valence-corrected chi connectivity index (χ1v) is 24.5. The maximum atomic E-state index is 15.9. The number of nitrogens with one attached hydrogen (secondary N) is 3. The average Bonchev–Trinajstić information content (AvgIpc) is 3.92. The highest BCUT2D eigenvalue weighted by atomic mass is 32.1. The van der Waals surface area contributed by atoms with Crippen LogP contribution < -0.4 is 25.6 Å². The number of benzene rings is 3. The van der Waals surface area contributed by atoms with E-state index in [1.54, 1.807) is 25.4 Å². The number of carboxylic acid groups (broad SMARTS) is 1. The molecule has 1 spiro atoms. The molecule has 17 nitrogen and oxygen atoms in total. The van der Waals surface area contributed by atoms with Gasteiger partial charge in [-0.3, -0.25) is 44.4 Å². The summed E-state index contributed by atoms with van der Waals surface area (Å²) in [6, 6.07) is 22.0. The Balaban J connectivity index is 0.703. The summed E-state index contributed by atoms with van der Waals surface area (Å²) in [4.78, 5) is 81.7. The number of anilines is 3. The van der Waals surface area contributed by atoms with Gasteiger partial charge in [0.1, 0.15) is 22.8 Å². The molecule has 1 unspecified atom stereocenters. The second kappa shape index (κ2) is 18.3. The van der Waals surface area contributed by atoms with E-state index in [-0.39, 0.29) is 65.5 Å². The molecule has 7 aromatic rings. The van der Waals surface area contributed by atoms with Gasteiger partial charge in [0, 0.05) is 49.3 Å². The largest absolute Gasteiger partial charge is 0.490 e. The zero-order valence-electron chi connectivity index (χ0n) is 39.0. The lowest BCUT2D eigenvalue weighted by Gasteiger charge is -2.51. The molecule has 4 amide bonds. The number of nitrogens with zero attached hydrogens (tertiary/aromatic N) is 7. The number of amides is 4. The third kappa shape index (κ3) is 8.73. The molecule has 11 rings (SSSR count). The Morgan fingerprint density at radius 1 is 0.930 bits per heavy atom. The Kier molecular flexibility index (Phi) is 11.8. The summed E-state index contributed by atoms with van der Waals surface area (Å²) < 4.78 is 24.8. The maximum absolute atomic E-state index is 15.9. The standard InChI is InChI=1S/C52H49FN10O7S/c1-28-31(32-11-14-40(57-46(32)50(68)69)63-21-17-29-16-20-54-45(35(29)26-63)49(67)59-51-56-36-7-3-4-9-39(36)71-51)6-5-8-38(28)70-30-24-52(25-30)18-22-62(23-19-52)27-42(65)55-37-13-10-33-44(60-61(2)47(33)43(37)53)34-12-15-41(64)58-48(34)66/h3-11,13-14,16,20,30,34H,12,15,17-19,21-27H2,1-2H3,(H,55,65)(H,68,69)(H,56,59,67)(H,58,64,66). The molecule has 3 fully saturated rings. The van der Waals surface area contributed by atoms with E-state index in [2.05, 4.69) is 35.9 Å². The summed E-state index contributed by atoms with van der Waals surface area (Å²) in [5.74, 6) is -2.80. The third-order valence-electron chi connectivity index (χ3n) is 14.6. The lowest BCUT2D eigenvalue weighted by Crippen LogP contribution is -2.51. The van der Waals surface area contributed by atoms with Crippen LogP contribution in [0.25, 0.3) is 32.2 Å². The van der Waals surface area contributed by atoms with Crippen molar-refractivity contribution in [1.82, 2.24) is 34.9 Å². The number of aromatic carboxylic acids is 1. The number of carboxylic acids is 1. The molecule has 1 atom stereocenters.